The Kier molecular flexibility index (Phi) is 4.94. The molecule has 1 fully saturated rings. The van der Waals surface area contributed by atoms with Crippen LogP contribution in [-0.2, 0) is 11.3 Å². The minimum absolute atomic E-state index is 0.0644. The van der Waals surface area contributed by atoms with Crippen molar-refractivity contribution in [2.45, 2.75) is 45.8 Å². The minimum atomic E-state index is -0.0644. The maximum atomic E-state index is 13.5. The summed E-state index contributed by atoms with van der Waals surface area (Å²) in [6.45, 7) is 8.38. The van der Waals surface area contributed by atoms with E-state index in [1.807, 2.05) is 30.0 Å². The summed E-state index contributed by atoms with van der Waals surface area (Å²) in [6.07, 6.45) is 0.997. The number of nitrogens with zero attached hydrogens (tertiary/aromatic N) is 2. The van der Waals surface area contributed by atoms with E-state index in [9.17, 15) is 4.79 Å². The van der Waals surface area contributed by atoms with Crippen LogP contribution in [0, 0.1) is 12.8 Å². The molecule has 0 spiro atoms. The second-order valence-corrected chi connectivity index (χ2v) is 8.97. The van der Waals surface area contributed by atoms with Crippen molar-refractivity contribution in [1.29, 1.82) is 0 Å². The van der Waals surface area contributed by atoms with Gasteiger partial charge in [-0.05, 0) is 49.1 Å². The van der Waals surface area contributed by atoms with Crippen LogP contribution in [-0.4, -0.2) is 28.9 Å². The molecule has 3 atom stereocenters. The number of amides is 1. The molecule has 1 saturated heterocycles. The summed E-state index contributed by atoms with van der Waals surface area (Å²) in [5, 5.41) is 0.973. The molecule has 0 bridgehead atoms. The number of rotatable bonds is 3. The Hall–Kier alpha value is -2.92. The van der Waals surface area contributed by atoms with Gasteiger partial charge in [-0.3, -0.25) is 4.79 Å². The summed E-state index contributed by atoms with van der Waals surface area (Å²) in [5.74, 6) is 1.48. The van der Waals surface area contributed by atoms with Crippen molar-refractivity contribution in [3.05, 3.63) is 70.3 Å². The molecule has 0 unspecified atom stereocenters. The smallest absolute Gasteiger partial charge is 0.253 e. The van der Waals surface area contributed by atoms with Gasteiger partial charge in [0.25, 0.3) is 5.91 Å². The SMILES string of the molecule is CC[C@@H]1CN(C(=O)c2ccc3nc(N)c4c(c3c2)CO[C@@H]4C)C[C@H]1c1ccc(C)cc1. The Balaban J connectivity index is 1.46. The highest BCUT2D eigenvalue weighted by Crippen LogP contribution is 2.39. The van der Waals surface area contributed by atoms with Gasteiger partial charge in [0.2, 0.25) is 0 Å². The number of carbonyl (C=O) groups is 1. The van der Waals surface area contributed by atoms with Gasteiger partial charge in [-0.1, -0.05) is 43.2 Å². The van der Waals surface area contributed by atoms with Crippen LogP contribution in [0.1, 0.15) is 64.9 Å². The van der Waals surface area contributed by atoms with E-state index in [0.29, 0.717) is 29.8 Å². The Morgan fingerprint density at radius 1 is 1.19 bits per heavy atom. The highest BCUT2D eigenvalue weighted by Gasteiger charge is 2.35. The summed E-state index contributed by atoms with van der Waals surface area (Å²) < 4.78 is 5.80. The first kappa shape index (κ1) is 20.0. The summed E-state index contributed by atoms with van der Waals surface area (Å²) >= 11 is 0. The van der Waals surface area contributed by atoms with E-state index in [-0.39, 0.29) is 12.0 Å². The van der Waals surface area contributed by atoms with Crippen molar-refractivity contribution < 1.29 is 9.53 Å². The second kappa shape index (κ2) is 7.65. The number of anilines is 1. The number of hydrogen-bond acceptors (Lipinski definition) is 4. The fraction of sp³-hybridized carbons (Fsp3) is 0.385. The number of aromatic nitrogens is 1. The molecule has 3 heterocycles. The molecule has 2 aliphatic heterocycles. The zero-order valence-electron chi connectivity index (χ0n) is 18.4. The Labute approximate surface area is 183 Å². The number of nitrogens with two attached hydrogens (primary N) is 1. The summed E-state index contributed by atoms with van der Waals surface area (Å²) in [7, 11) is 0. The number of likely N-dealkylation sites (tertiary alicyclic amines) is 1. The third-order valence-electron chi connectivity index (χ3n) is 7.05. The predicted octanol–water partition coefficient (Wildman–Crippen LogP) is 4.98. The molecule has 0 saturated carbocycles. The molecule has 5 nitrogen and oxygen atoms in total. The highest BCUT2D eigenvalue weighted by molar-refractivity contribution is 5.99. The van der Waals surface area contributed by atoms with Crippen LogP contribution in [0.2, 0.25) is 0 Å². The zero-order valence-corrected chi connectivity index (χ0v) is 18.4. The van der Waals surface area contributed by atoms with Crippen LogP contribution in [0.4, 0.5) is 5.82 Å². The molecule has 1 aromatic heterocycles. The van der Waals surface area contributed by atoms with Gasteiger partial charge in [-0.15, -0.1) is 0 Å². The van der Waals surface area contributed by atoms with Gasteiger partial charge in [0.05, 0.1) is 18.2 Å². The van der Waals surface area contributed by atoms with E-state index in [2.05, 4.69) is 43.1 Å². The first-order valence-corrected chi connectivity index (χ1v) is 11.2. The minimum Gasteiger partial charge on any atom is -0.383 e. The summed E-state index contributed by atoms with van der Waals surface area (Å²) in [6, 6.07) is 14.5. The number of hydrogen-bond donors (Lipinski definition) is 1. The van der Waals surface area contributed by atoms with Gasteiger partial charge < -0.3 is 15.4 Å². The molecule has 5 rings (SSSR count). The summed E-state index contributed by atoms with van der Waals surface area (Å²) in [4.78, 5) is 20.0. The summed E-state index contributed by atoms with van der Waals surface area (Å²) in [5.41, 5.74) is 12.3. The van der Waals surface area contributed by atoms with Crippen LogP contribution in [0.5, 0.6) is 0 Å². The molecular formula is C26H29N3O2. The number of carbonyl (C=O) groups excluding carboxylic acids is 1. The third kappa shape index (κ3) is 3.37. The lowest BCUT2D eigenvalue weighted by Gasteiger charge is -2.18. The van der Waals surface area contributed by atoms with Crippen LogP contribution in [0.15, 0.2) is 42.5 Å². The number of pyridine rings is 1. The second-order valence-electron chi connectivity index (χ2n) is 8.97. The average molecular weight is 416 g/mol. The van der Waals surface area contributed by atoms with Crippen molar-refractivity contribution in [2.24, 2.45) is 5.92 Å². The number of ether oxygens (including phenoxy) is 1. The first-order valence-electron chi connectivity index (χ1n) is 11.2. The number of aryl methyl sites for hydroxylation is 1. The van der Waals surface area contributed by atoms with Gasteiger partial charge in [0.15, 0.2) is 0 Å². The van der Waals surface area contributed by atoms with Crippen molar-refractivity contribution in [1.82, 2.24) is 9.88 Å². The van der Waals surface area contributed by atoms with Gasteiger partial charge in [0.1, 0.15) is 5.82 Å². The van der Waals surface area contributed by atoms with Crippen LogP contribution < -0.4 is 5.73 Å². The van der Waals surface area contributed by atoms with Crippen LogP contribution in [0.25, 0.3) is 10.9 Å². The average Bonchev–Trinajstić information content (AvgIpc) is 3.38. The van der Waals surface area contributed by atoms with Crippen molar-refractivity contribution in [3.63, 3.8) is 0 Å². The molecule has 2 N–H and O–H groups in total. The van der Waals surface area contributed by atoms with Gasteiger partial charge in [-0.2, -0.15) is 0 Å². The predicted molar refractivity (Wildman–Crippen MR) is 123 cm³/mol. The fourth-order valence-corrected chi connectivity index (χ4v) is 5.22. The Bertz CT molecular complexity index is 1160. The van der Waals surface area contributed by atoms with E-state index in [1.165, 1.54) is 11.1 Å². The maximum absolute atomic E-state index is 13.5. The quantitative estimate of drug-likeness (QED) is 0.655. The highest BCUT2D eigenvalue weighted by atomic mass is 16.5. The van der Waals surface area contributed by atoms with E-state index < -0.39 is 0 Å². The number of fused-ring (bicyclic) bond motifs is 3. The lowest BCUT2D eigenvalue weighted by molar-refractivity contribution is 0.0784. The van der Waals surface area contributed by atoms with Crippen molar-refractivity contribution in [3.8, 4) is 0 Å². The van der Waals surface area contributed by atoms with Crippen molar-refractivity contribution >= 4 is 22.6 Å². The lowest BCUT2D eigenvalue weighted by Crippen LogP contribution is -2.29. The normalized spacial score (nSPS) is 22.8. The van der Waals surface area contributed by atoms with Gasteiger partial charge in [0, 0.05) is 35.5 Å². The molecule has 0 radical (unpaired) electrons. The van der Waals surface area contributed by atoms with E-state index in [0.717, 1.165) is 41.5 Å². The molecule has 5 heteroatoms. The molecule has 0 aliphatic carbocycles. The van der Waals surface area contributed by atoms with E-state index >= 15 is 0 Å². The van der Waals surface area contributed by atoms with Crippen LogP contribution >= 0.6 is 0 Å². The van der Waals surface area contributed by atoms with Gasteiger partial charge >= 0.3 is 0 Å². The largest absolute Gasteiger partial charge is 0.383 e. The Morgan fingerprint density at radius 2 is 1.97 bits per heavy atom. The standard InChI is InChI=1S/C26H29N3O2/c1-4-17-12-29(13-21(17)18-7-5-15(2)6-8-18)26(30)19-9-10-23-20(11-19)22-14-31-16(3)24(22)25(27)28-23/h5-11,16-17,21H,4,12-14H2,1-3H3,(H2,27,28)/t16-,17-,21-/m1/s1. The van der Waals surface area contributed by atoms with Gasteiger partial charge in [-0.25, -0.2) is 4.98 Å². The molecular weight excluding hydrogens is 386 g/mol. The lowest BCUT2D eigenvalue weighted by atomic mass is 9.87. The molecule has 1 amide bonds. The fourth-order valence-electron chi connectivity index (χ4n) is 5.22. The number of benzene rings is 2. The molecule has 2 aromatic carbocycles. The molecule has 2 aliphatic rings. The maximum Gasteiger partial charge on any atom is 0.253 e. The Morgan fingerprint density at radius 3 is 2.71 bits per heavy atom. The third-order valence-corrected chi connectivity index (χ3v) is 7.05. The zero-order chi connectivity index (χ0) is 21.7. The molecule has 31 heavy (non-hydrogen) atoms. The molecule has 160 valence electrons. The van der Waals surface area contributed by atoms with Crippen LogP contribution in [0.3, 0.4) is 0 Å². The topological polar surface area (TPSA) is 68.5 Å². The van der Waals surface area contributed by atoms with E-state index in [1.54, 1.807) is 0 Å². The molecule has 3 aromatic rings. The monoisotopic (exact) mass is 415 g/mol. The first-order chi connectivity index (χ1) is 15.0. The number of nitrogen functional groups attached to an aromatic ring is 1. The van der Waals surface area contributed by atoms with Crippen molar-refractivity contribution in [2.75, 3.05) is 18.8 Å². The van der Waals surface area contributed by atoms with E-state index in [4.69, 9.17) is 10.5 Å².